The zero-order chi connectivity index (χ0) is 12.7. The summed E-state index contributed by atoms with van der Waals surface area (Å²) in [5.41, 5.74) is 4.27. The third kappa shape index (κ3) is 5.12. The van der Waals surface area contributed by atoms with E-state index < -0.39 is 11.9 Å². The van der Waals surface area contributed by atoms with Crippen LogP contribution in [0.5, 0.6) is 0 Å². The summed E-state index contributed by atoms with van der Waals surface area (Å²) in [4.78, 5) is 26.6. The molecule has 0 heterocycles. The first kappa shape index (κ1) is 13.2. The van der Waals surface area contributed by atoms with Gasteiger partial charge in [-0.3, -0.25) is 14.4 Å². The van der Waals surface area contributed by atoms with E-state index in [1.54, 1.807) is 0 Å². The number of hydrogen-bond acceptors (Lipinski definition) is 4. The summed E-state index contributed by atoms with van der Waals surface area (Å²) < 4.78 is 4.50. The lowest BCUT2D eigenvalue weighted by atomic mass is 10.1. The van der Waals surface area contributed by atoms with E-state index in [9.17, 15) is 9.59 Å². The second kappa shape index (κ2) is 6.65. The van der Waals surface area contributed by atoms with Crippen molar-refractivity contribution in [2.24, 2.45) is 0 Å². The SMILES string of the molecule is CC(=O)OCC(=O)NOCc1ccccc1C. The average molecular weight is 237 g/mol. The molecule has 1 aromatic rings. The van der Waals surface area contributed by atoms with E-state index >= 15 is 0 Å². The number of hydroxylamine groups is 1. The maximum absolute atomic E-state index is 11.1. The number of aryl methyl sites for hydroxylation is 1. The number of carbonyl (C=O) groups excluding carboxylic acids is 2. The normalized spacial score (nSPS) is 9.76. The molecule has 0 bridgehead atoms. The van der Waals surface area contributed by atoms with Gasteiger partial charge in [0, 0.05) is 6.92 Å². The highest BCUT2D eigenvalue weighted by molar-refractivity contribution is 5.78. The van der Waals surface area contributed by atoms with E-state index in [0.29, 0.717) is 0 Å². The second-order valence-corrected chi connectivity index (χ2v) is 3.52. The molecule has 5 heteroatoms. The predicted octanol–water partition coefficient (Wildman–Crippen LogP) is 1.11. The molecular weight excluding hydrogens is 222 g/mol. The van der Waals surface area contributed by atoms with Crippen LogP contribution < -0.4 is 5.48 Å². The van der Waals surface area contributed by atoms with Crippen LogP contribution in [-0.2, 0) is 25.8 Å². The van der Waals surface area contributed by atoms with Gasteiger partial charge < -0.3 is 4.74 Å². The molecule has 0 spiro atoms. The molecule has 0 unspecified atom stereocenters. The van der Waals surface area contributed by atoms with Gasteiger partial charge in [-0.25, -0.2) is 5.48 Å². The van der Waals surface area contributed by atoms with Crippen LogP contribution in [0, 0.1) is 6.92 Å². The van der Waals surface area contributed by atoms with Crippen molar-refractivity contribution in [1.82, 2.24) is 5.48 Å². The van der Waals surface area contributed by atoms with Crippen LogP contribution in [0.3, 0.4) is 0 Å². The van der Waals surface area contributed by atoms with Gasteiger partial charge in [0.2, 0.25) is 0 Å². The highest BCUT2D eigenvalue weighted by Gasteiger charge is 2.04. The van der Waals surface area contributed by atoms with Crippen molar-refractivity contribution in [2.75, 3.05) is 6.61 Å². The molecule has 0 aliphatic heterocycles. The van der Waals surface area contributed by atoms with Crippen molar-refractivity contribution in [2.45, 2.75) is 20.5 Å². The first-order valence-electron chi connectivity index (χ1n) is 5.18. The van der Waals surface area contributed by atoms with Gasteiger partial charge in [0.15, 0.2) is 6.61 Å². The monoisotopic (exact) mass is 237 g/mol. The topological polar surface area (TPSA) is 64.6 Å². The Balaban J connectivity index is 2.26. The number of nitrogens with one attached hydrogen (secondary N) is 1. The van der Waals surface area contributed by atoms with E-state index in [-0.39, 0.29) is 13.2 Å². The molecule has 0 saturated heterocycles. The summed E-state index contributed by atoms with van der Waals surface area (Å²) in [6, 6.07) is 7.69. The van der Waals surface area contributed by atoms with Gasteiger partial charge in [-0.1, -0.05) is 24.3 Å². The molecule has 1 rings (SSSR count). The Kier molecular flexibility index (Phi) is 5.16. The van der Waals surface area contributed by atoms with Crippen LogP contribution >= 0.6 is 0 Å². The zero-order valence-corrected chi connectivity index (χ0v) is 9.86. The number of esters is 1. The Morgan fingerprint density at radius 2 is 2.00 bits per heavy atom. The summed E-state index contributed by atoms with van der Waals surface area (Å²) in [5.74, 6) is -0.993. The third-order valence-electron chi connectivity index (χ3n) is 2.08. The average Bonchev–Trinajstić information content (AvgIpc) is 2.29. The van der Waals surface area contributed by atoms with Gasteiger partial charge in [0.25, 0.3) is 5.91 Å². The van der Waals surface area contributed by atoms with E-state index in [2.05, 4.69) is 10.2 Å². The maximum Gasteiger partial charge on any atom is 0.303 e. The standard InChI is InChI=1S/C12H15NO4/c1-9-5-3-4-6-11(9)7-17-13-12(15)8-16-10(2)14/h3-6H,7-8H2,1-2H3,(H,13,15). The van der Waals surface area contributed by atoms with Crippen LogP contribution in [0.2, 0.25) is 0 Å². The van der Waals surface area contributed by atoms with Crippen molar-refractivity contribution in [3.63, 3.8) is 0 Å². The van der Waals surface area contributed by atoms with Gasteiger partial charge in [-0.15, -0.1) is 0 Å². The molecular formula is C12H15NO4. The first-order chi connectivity index (χ1) is 8.09. The number of rotatable bonds is 5. The smallest absolute Gasteiger partial charge is 0.303 e. The van der Waals surface area contributed by atoms with Crippen molar-refractivity contribution in [1.29, 1.82) is 0 Å². The molecule has 0 aromatic heterocycles. The van der Waals surface area contributed by atoms with Gasteiger partial charge in [-0.2, -0.15) is 0 Å². The summed E-state index contributed by atoms with van der Waals surface area (Å²) in [5, 5.41) is 0. The number of ether oxygens (including phenoxy) is 1. The van der Waals surface area contributed by atoms with Crippen LogP contribution in [0.25, 0.3) is 0 Å². The summed E-state index contributed by atoms with van der Waals surface area (Å²) in [6.07, 6.45) is 0. The Labute approximate surface area is 99.7 Å². The summed E-state index contributed by atoms with van der Waals surface area (Å²) in [6.45, 7) is 3.14. The Hall–Kier alpha value is -1.88. The van der Waals surface area contributed by atoms with Crippen LogP contribution in [0.15, 0.2) is 24.3 Å². The van der Waals surface area contributed by atoms with Crippen LogP contribution in [0.1, 0.15) is 18.1 Å². The number of hydrogen-bond donors (Lipinski definition) is 1. The van der Waals surface area contributed by atoms with Gasteiger partial charge in [0.1, 0.15) is 6.61 Å². The van der Waals surface area contributed by atoms with Crippen LogP contribution in [0.4, 0.5) is 0 Å². The third-order valence-corrected chi connectivity index (χ3v) is 2.08. The van der Waals surface area contributed by atoms with E-state index in [1.165, 1.54) is 6.92 Å². The van der Waals surface area contributed by atoms with Crippen molar-refractivity contribution < 1.29 is 19.2 Å². The van der Waals surface area contributed by atoms with Crippen LogP contribution in [-0.4, -0.2) is 18.5 Å². The van der Waals surface area contributed by atoms with Crippen molar-refractivity contribution in [3.8, 4) is 0 Å². The highest BCUT2D eigenvalue weighted by Crippen LogP contribution is 2.07. The Bertz CT molecular complexity index is 403. The molecule has 1 N–H and O–H groups in total. The fourth-order valence-electron chi connectivity index (χ4n) is 1.16. The number of carbonyl (C=O) groups is 2. The fraction of sp³-hybridized carbons (Fsp3) is 0.333. The Morgan fingerprint density at radius 3 is 2.65 bits per heavy atom. The van der Waals surface area contributed by atoms with Gasteiger partial charge in [0.05, 0.1) is 0 Å². The minimum Gasteiger partial charge on any atom is -0.456 e. The molecule has 1 aromatic carbocycles. The predicted molar refractivity (Wildman–Crippen MR) is 60.7 cm³/mol. The summed E-state index contributed by atoms with van der Waals surface area (Å²) >= 11 is 0. The van der Waals surface area contributed by atoms with E-state index in [1.807, 2.05) is 31.2 Å². The lowest BCUT2D eigenvalue weighted by molar-refractivity contribution is -0.151. The Morgan fingerprint density at radius 1 is 1.29 bits per heavy atom. The highest BCUT2D eigenvalue weighted by atomic mass is 16.7. The van der Waals surface area contributed by atoms with E-state index in [4.69, 9.17) is 4.84 Å². The fourth-order valence-corrected chi connectivity index (χ4v) is 1.16. The lowest BCUT2D eigenvalue weighted by Crippen LogP contribution is -2.28. The molecule has 5 nitrogen and oxygen atoms in total. The largest absolute Gasteiger partial charge is 0.456 e. The number of amides is 1. The summed E-state index contributed by atoms with van der Waals surface area (Å²) in [7, 11) is 0. The van der Waals surface area contributed by atoms with Crippen molar-refractivity contribution >= 4 is 11.9 Å². The van der Waals surface area contributed by atoms with Gasteiger partial charge in [-0.05, 0) is 18.1 Å². The lowest BCUT2D eigenvalue weighted by Gasteiger charge is -2.07. The number of benzene rings is 1. The minimum atomic E-state index is -0.501. The van der Waals surface area contributed by atoms with Gasteiger partial charge >= 0.3 is 5.97 Å². The molecule has 1 amide bonds. The molecule has 0 saturated carbocycles. The molecule has 92 valence electrons. The quantitative estimate of drug-likeness (QED) is 0.615. The molecule has 0 aliphatic carbocycles. The molecule has 0 aliphatic rings. The molecule has 0 atom stereocenters. The van der Waals surface area contributed by atoms with E-state index in [0.717, 1.165) is 11.1 Å². The molecule has 0 fully saturated rings. The minimum absolute atomic E-state index is 0.276. The second-order valence-electron chi connectivity index (χ2n) is 3.52. The zero-order valence-electron chi connectivity index (χ0n) is 9.86. The molecule has 0 radical (unpaired) electrons. The molecule has 17 heavy (non-hydrogen) atoms. The maximum atomic E-state index is 11.1. The van der Waals surface area contributed by atoms with Crippen molar-refractivity contribution in [3.05, 3.63) is 35.4 Å². The first-order valence-corrected chi connectivity index (χ1v) is 5.18.